The van der Waals surface area contributed by atoms with Crippen molar-refractivity contribution in [3.05, 3.63) is 11.1 Å². The summed E-state index contributed by atoms with van der Waals surface area (Å²) < 4.78 is 32.3. The molecule has 0 radical (unpaired) electrons. The molecule has 0 aromatic carbocycles. The first-order valence-electron chi connectivity index (χ1n) is 8.04. The molecule has 2 heterocycles. The fourth-order valence-electron chi connectivity index (χ4n) is 2.32. The zero-order valence-corrected chi connectivity index (χ0v) is 18.0. The summed E-state index contributed by atoms with van der Waals surface area (Å²) in [5.74, 6) is -3.85. The number of rotatable bonds is 9. The predicted octanol–water partition coefficient (Wildman–Crippen LogP) is -1.90. The van der Waals surface area contributed by atoms with Gasteiger partial charge in [0.05, 0.1) is 6.04 Å². The third-order valence-electron chi connectivity index (χ3n) is 3.62. The Morgan fingerprint density at radius 3 is 2.65 bits per heavy atom. The SMILES string of the molecule is CNC(=O)SC[C@@H]1[C@H](NC(=O)/C(=N/OCC(=O)O)c2csc(N)n2)C(=O)N1S(=O)(=O)O. The molecular formula is C13H16N6O9S3. The van der Waals surface area contributed by atoms with Gasteiger partial charge in [0.1, 0.15) is 11.7 Å². The first-order valence-corrected chi connectivity index (χ1v) is 11.3. The van der Waals surface area contributed by atoms with Crippen LogP contribution in [0, 0.1) is 0 Å². The first kappa shape index (κ1) is 24.3. The number of oxime groups is 1. The number of hydrogen-bond donors (Lipinski definition) is 5. The molecule has 1 aliphatic heterocycles. The van der Waals surface area contributed by atoms with Gasteiger partial charge in [-0.1, -0.05) is 16.9 Å². The Morgan fingerprint density at radius 2 is 2.13 bits per heavy atom. The van der Waals surface area contributed by atoms with Crippen LogP contribution >= 0.6 is 23.1 Å². The molecule has 1 saturated heterocycles. The highest BCUT2D eigenvalue weighted by atomic mass is 32.2. The summed E-state index contributed by atoms with van der Waals surface area (Å²) in [6, 6.07) is -2.72. The summed E-state index contributed by atoms with van der Waals surface area (Å²) >= 11 is 1.57. The van der Waals surface area contributed by atoms with E-state index in [0.29, 0.717) is 11.8 Å². The average Bonchev–Trinajstić information content (AvgIpc) is 3.10. The van der Waals surface area contributed by atoms with Crippen molar-refractivity contribution in [1.29, 1.82) is 0 Å². The molecule has 170 valence electrons. The number of thioether (sulfide) groups is 1. The lowest BCUT2D eigenvalue weighted by molar-refractivity contribution is -0.143. The van der Waals surface area contributed by atoms with E-state index < -0.39 is 57.7 Å². The van der Waals surface area contributed by atoms with Crippen LogP contribution in [0.5, 0.6) is 0 Å². The molecule has 1 aromatic heterocycles. The van der Waals surface area contributed by atoms with E-state index >= 15 is 0 Å². The number of carboxylic acids is 1. The van der Waals surface area contributed by atoms with Crippen molar-refractivity contribution in [2.75, 3.05) is 25.1 Å². The van der Waals surface area contributed by atoms with E-state index in [4.69, 9.17) is 10.8 Å². The number of carbonyl (C=O) groups is 4. The first-order chi connectivity index (χ1) is 14.5. The maximum absolute atomic E-state index is 12.7. The summed E-state index contributed by atoms with van der Waals surface area (Å²) in [6.45, 7) is -0.874. The molecule has 0 unspecified atom stereocenters. The van der Waals surface area contributed by atoms with Gasteiger partial charge < -0.3 is 26.3 Å². The lowest BCUT2D eigenvalue weighted by Gasteiger charge is -2.43. The van der Waals surface area contributed by atoms with E-state index in [-0.39, 0.29) is 20.9 Å². The summed E-state index contributed by atoms with van der Waals surface area (Å²) in [7, 11) is -3.61. The highest BCUT2D eigenvalue weighted by Crippen LogP contribution is 2.27. The standard InChI is InChI=1S/C13H16N6O9S3/c1-15-13(24)30-4-6-9(11(23)19(6)31(25,26)27)17-10(22)8(18-28-2-7(20)21)5-3-29-12(14)16-5/h3,6,9H,2,4H2,1H3,(H2,14,16)(H,15,24)(H,17,22)(H,20,21)(H,25,26,27)/b18-8+/t6-,9+/m1/s1. The second kappa shape index (κ2) is 9.90. The Kier molecular flexibility index (Phi) is 7.76. The van der Waals surface area contributed by atoms with E-state index in [1.54, 1.807) is 0 Å². The number of aliphatic carboxylic acids is 1. The Balaban J connectivity index is 2.24. The Bertz CT molecular complexity index is 1020. The molecule has 1 fully saturated rings. The van der Waals surface area contributed by atoms with Crippen molar-refractivity contribution in [1.82, 2.24) is 19.9 Å². The minimum Gasteiger partial charge on any atom is -0.479 e. The Labute approximate surface area is 182 Å². The molecule has 0 spiro atoms. The maximum atomic E-state index is 12.7. The minimum atomic E-state index is -4.94. The predicted molar refractivity (Wildman–Crippen MR) is 108 cm³/mol. The molecule has 3 amide bonds. The van der Waals surface area contributed by atoms with E-state index in [1.807, 2.05) is 0 Å². The van der Waals surface area contributed by atoms with Crippen LogP contribution in [-0.4, -0.2) is 87.6 Å². The third-order valence-corrected chi connectivity index (χ3v) is 6.21. The third kappa shape index (κ3) is 6.03. The zero-order chi connectivity index (χ0) is 23.3. The van der Waals surface area contributed by atoms with Crippen molar-refractivity contribution in [3.63, 3.8) is 0 Å². The number of anilines is 1. The number of amides is 3. The van der Waals surface area contributed by atoms with Crippen molar-refractivity contribution in [2.24, 2.45) is 5.16 Å². The number of carbonyl (C=O) groups excluding carboxylic acids is 3. The van der Waals surface area contributed by atoms with Crippen LogP contribution in [0.4, 0.5) is 9.93 Å². The van der Waals surface area contributed by atoms with Gasteiger partial charge in [0, 0.05) is 18.2 Å². The van der Waals surface area contributed by atoms with Gasteiger partial charge in [0.25, 0.3) is 17.1 Å². The monoisotopic (exact) mass is 496 g/mol. The topological polar surface area (TPSA) is 231 Å². The number of hydrogen-bond acceptors (Lipinski definition) is 12. The van der Waals surface area contributed by atoms with Crippen molar-refractivity contribution in [2.45, 2.75) is 12.1 Å². The average molecular weight is 497 g/mol. The van der Waals surface area contributed by atoms with Gasteiger partial charge in [-0.05, 0) is 0 Å². The number of nitrogens with two attached hydrogens (primary N) is 1. The molecule has 2 atom stereocenters. The summed E-state index contributed by atoms with van der Waals surface area (Å²) in [5.41, 5.74) is 4.91. The van der Waals surface area contributed by atoms with Crippen LogP contribution in [0.2, 0.25) is 0 Å². The van der Waals surface area contributed by atoms with Gasteiger partial charge in [-0.25, -0.2) is 14.1 Å². The van der Waals surface area contributed by atoms with Crippen molar-refractivity contribution < 1.29 is 42.1 Å². The largest absolute Gasteiger partial charge is 0.479 e. The molecule has 6 N–H and O–H groups in total. The molecule has 31 heavy (non-hydrogen) atoms. The highest BCUT2D eigenvalue weighted by Gasteiger charge is 2.54. The van der Waals surface area contributed by atoms with Gasteiger partial charge in [-0.3, -0.25) is 18.9 Å². The normalized spacial score (nSPS) is 18.8. The van der Waals surface area contributed by atoms with Gasteiger partial charge in [0.2, 0.25) is 6.61 Å². The minimum absolute atomic E-state index is 0.0610. The lowest BCUT2D eigenvalue weighted by atomic mass is 10.0. The van der Waals surface area contributed by atoms with Gasteiger partial charge in [-0.2, -0.15) is 8.42 Å². The fourth-order valence-corrected chi connectivity index (χ4v) is 4.65. The summed E-state index contributed by atoms with van der Waals surface area (Å²) in [5, 5.41) is 17.4. The number of β-lactam (4-membered cyclic amide) rings is 1. The quantitative estimate of drug-likeness (QED) is 0.109. The van der Waals surface area contributed by atoms with E-state index in [2.05, 4.69) is 25.6 Å². The molecule has 2 rings (SSSR count). The fraction of sp³-hybridized carbons (Fsp3) is 0.385. The Hall–Kier alpha value is -2.96. The van der Waals surface area contributed by atoms with Gasteiger partial charge >= 0.3 is 16.3 Å². The van der Waals surface area contributed by atoms with Crippen LogP contribution in [0.3, 0.4) is 0 Å². The second-order valence-corrected chi connectivity index (χ2v) is 8.83. The number of thiazole rings is 1. The molecule has 18 heteroatoms. The van der Waals surface area contributed by atoms with Crippen LogP contribution < -0.4 is 16.4 Å². The molecule has 0 aliphatic carbocycles. The van der Waals surface area contributed by atoms with Gasteiger partial charge in [-0.15, -0.1) is 11.3 Å². The number of carboxylic acid groups (broad SMARTS) is 1. The molecule has 0 saturated carbocycles. The molecule has 1 aliphatic rings. The van der Waals surface area contributed by atoms with Crippen molar-refractivity contribution >= 4 is 67.3 Å². The lowest BCUT2D eigenvalue weighted by Crippen LogP contribution is -2.73. The molecular weight excluding hydrogens is 480 g/mol. The second-order valence-electron chi connectivity index (χ2n) is 5.66. The van der Waals surface area contributed by atoms with Crippen LogP contribution in [0.25, 0.3) is 0 Å². The summed E-state index contributed by atoms with van der Waals surface area (Å²) in [4.78, 5) is 55.3. The zero-order valence-electron chi connectivity index (χ0n) is 15.5. The van der Waals surface area contributed by atoms with Crippen LogP contribution in [0.1, 0.15) is 5.69 Å². The number of nitrogens with one attached hydrogen (secondary N) is 2. The summed E-state index contributed by atoms with van der Waals surface area (Å²) in [6.07, 6.45) is 0. The number of nitrogens with zero attached hydrogens (tertiary/aromatic N) is 3. The Morgan fingerprint density at radius 1 is 1.45 bits per heavy atom. The number of nitrogen functional groups attached to an aromatic ring is 1. The van der Waals surface area contributed by atoms with E-state index in [9.17, 15) is 32.1 Å². The smallest absolute Gasteiger partial charge is 0.362 e. The van der Waals surface area contributed by atoms with Crippen LogP contribution in [-0.2, 0) is 29.5 Å². The molecule has 15 nitrogen and oxygen atoms in total. The van der Waals surface area contributed by atoms with Gasteiger partial charge in [0.15, 0.2) is 10.8 Å². The number of aromatic nitrogens is 1. The maximum Gasteiger partial charge on any atom is 0.362 e. The van der Waals surface area contributed by atoms with E-state index in [0.717, 1.165) is 11.3 Å². The van der Waals surface area contributed by atoms with Crippen LogP contribution in [0.15, 0.2) is 10.5 Å². The highest BCUT2D eigenvalue weighted by molar-refractivity contribution is 8.13. The molecule has 0 bridgehead atoms. The van der Waals surface area contributed by atoms with Crippen molar-refractivity contribution in [3.8, 4) is 0 Å². The molecule has 1 aromatic rings. The van der Waals surface area contributed by atoms with E-state index in [1.165, 1.54) is 12.4 Å².